The van der Waals surface area contributed by atoms with E-state index in [1.165, 1.54) is 6.20 Å². The van der Waals surface area contributed by atoms with Crippen molar-refractivity contribution in [3.8, 4) is 22.9 Å². The van der Waals surface area contributed by atoms with Crippen LogP contribution in [0.15, 0.2) is 41.9 Å². The lowest BCUT2D eigenvalue weighted by Gasteiger charge is -2.17. The second-order valence-electron chi connectivity index (χ2n) is 6.64. The first-order chi connectivity index (χ1) is 14.1. The number of pyridine rings is 2. The molecule has 4 heterocycles. The Morgan fingerprint density at radius 2 is 2.28 bits per heavy atom. The van der Waals surface area contributed by atoms with Crippen LogP contribution in [0.5, 0.6) is 5.75 Å². The van der Waals surface area contributed by atoms with E-state index in [1.807, 2.05) is 30.0 Å². The maximum absolute atomic E-state index is 10.0. The van der Waals surface area contributed by atoms with Crippen molar-refractivity contribution >= 4 is 11.3 Å². The molecular formula is C19H18N8O2. The molecule has 1 aliphatic heterocycles. The van der Waals surface area contributed by atoms with Gasteiger partial charge < -0.3 is 14.7 Å². The van der Waals surface area contributed by atoms with Crippen LogP contribution in [0.25, 0.3) is 27.1 Å². The zero-order valence-electron chi connectivity index (χ0n) is 15.7. The topological polar surface area (TPSA) is 135 Å². The Bertz CT molecular complexity index is 1130. The molecule has 0 bridgehead atoms. The lowest BCUT2D eigenvalue weighted by Crippen LogP contribution is -2.21. The number of azide groups is 1. The van der Waals surface area contributed by atoms with Crippen LogP contribution in [0.2, 0.25) is 0 Å². The first-order valence-corrected chi connectivity index (χ1v) is 9.12. The molecule has 1 fully saturated rings. The van der Waals surface area contributed by atoms with Crippen molar-refractivity contribution in [3.05, 3.63) is 52.8 Å². The van der Waals surface area contributed by atoms with Crippen LogP contribution < -0.4 is 9.64 Å². The third-order valence-electron chi connectivity index (χ3n) is 4.86. The van der Waals surface area contributed by atoms with Crippen LogP contribution in [0.3, 0.4) is 0 Å². The first-order valence-electron chi connectivity index (χ1n) is 9.12. The van der Waals surface area contributed by atoms with Gasteiger partial charge in [-0.3, -0.25) is 0 Å². The summed E-state index contributed by atoms with van der Waals surface area (Å²) >= 11 is 0. The summed E-state index contributed by atoms with van der Waals surface area (Å²) in [4.78, 5) is 9.17. The Balaban J connectivity index is 1.71. The molecule has 0 aliphatic carbocycles. The van der Waals surface area contributed by atoms with E-state index in [0.717, 1.165) is 11.1 Å². The average molecular weight is 390 g/mol. The highest BCUT2D eigenvalue weighted by molar-refractivity contribution is 5.85. The molecule has 3 aromatic rings. The summed E-state index contributed by atoms with van der Waals surface area (Å²) in [5, 5.41) is 27.3. The van der Waals surface area contributed by atoms with Crippen molar-refractivity contribution in [2.75, 3.05) is 24.6 Å². The van der Waals surface area contributed by atoms with E-state index in [9.17, 15) is 10.4 Å². The van der Waals surface area contributed by atoms with Gasteiger partial charge >= 0.3 is 0 Å². The van der Waals surface area contributed by atoms with Gasteiger partial charge in [-0.2, -0.15) is 10.4 Å². The highest BCUT2D eigenvalue weighted by Crippen LogP contribution is 2.31. The van der Waals surface area contributed by atoms with E-state index in [2.05, 4.69) is 26.2 Å². The fourth-order valence-corrected chi connectivity index (χ4v) is 3.51. The molecule has 0 radical (unpaired) electrons. The lowest BCUT2D eigenvalue weighted by molar-refractivity contribution is 0.180. The molecule has 0 aromatic carbocycles. The zero-order chi connectivity index (χ0) is 20.4. The molecule has 4 rings (SSSR count). The molecule has 10 nitrogen and oxygen atoms in total. The van der Waals surface area contributed by atoms with E-state index in [1.54, 1.807) is 16.9 Å². The average Bonchev–Trinajstić information content (AvgIpc) is 3.31. The number of nitrogens with zero attached hydrogens (tertiary/aromatic N) is 8. The van der Waals surface area contributed by atoms with Crippen molar-refractivity contribution in [1.29, 1.82) is 5.26 Å². The van der Waals surface area contributed by atoms with E-state index >= 15 is 0 Å². The number of aromatic nitrogens is 3. The van der Waals surface area contributed by atoms with Gasteiger partial charge in [0.1, 0.15) is 17.6 Å². The van der Waals surface area contributed by atoms with Gasteiger partial charge in [0.25, 0.3) is 0 Å². The smallest absolute Gasteiger partial charge is 0.138 e. The van der Waals surface area contributed by atoms with Crippen molar-refractivity contribution < 1.29 is 9.84 Å². The number of aliphatic hydroxyl groups is 1. The lowest BCUT2D eigenvalue weighted by atomic mass is 10.1. The minimum Gasteiger partial charge on any atom is -0.492 e. The number of rotatable bonds is 5. The van der Waals surface area contributed by atoms with Gasteiger partial charge in [0.2, 0.25) is 0 Å². The second kappa shape index (κ2) is 7.67. The van der Waals surface area contributed by atoms with Crippen molar-refractivity contribution in [1.82, 2.24) is 14.6 Å². The predicted octanol–water partition coefficient (Wildman–Crippen LogP) is 2.53. The van der Waals surface area contributed by atoms with E-state index in [4.69, 9.17) is 10.3 Å². The van der Waals surface area contributed by atoms with E-state index in [0.29, 0.717) is 42.3 Å². The third-order valence-corrected chi connectivity index (χ3v) is 4.86. The molecule has 3 aromatic heterocycles. The van der Waals surface area contributed by atoms with Crippen LogP contribution in [0.4, 0.5) is 5.82 Å². The monoisotopic (exact) mass is 390 g/mol. The number of nitriles is 1. The minimum atomic E-state index is -0.722. The second-order valence-corrected chi connectivity index (χ2v) is 6.64. The Kier molecular flexibility index (Phi) is 4.91. The van der Waals surface area contributed by atoms with Crippen molar-refractivity contribution in [2.24, 2.45) is 5.11 Å². The molecule has 1 N–H and O–H groups in total. The minimum absolute atomic E-state index is 0.349. The number of anilines is 1. The van der Waals surface area contributed by atoms with Gasteiger partial charge in [0.05, 0.1) is 42.2 Å². The van der Waals surface area contributed by atoms with Crippen LogP contribution in [-0.4, -0.2) is 51.5 Å². The third kappa shape index (κ3) is 3.40. The molecule has 29 heavy (non-hydrogen) atoms. The molecular weight excluding hydrogens is 372 g/mol. The fourth-order valence-electron chi connectivity index (χ4n) is 3.51. The summed E-state index contributed by atoms with van der Waals surface area (Å²) in [7, 11) is 0. The molecule has 146 valence electrons. The first kappa shape index (κ1) is 18.6. The van der Waals surface area contributed by atoms with Crippen LogP contribution in [0, 0.1) is 11.3 Å². The summed E-state index contributed by atoms with van der Waals surface area (Å²) < 4.78 is 7.26. The van der Waals surface area contributed by atoms with Gasteiger partial charge in [-0.15, -0.1) is 0 Å². The standard InChI is InChI=1S/C19H18N8O2/c1-2-29-14-5-15(19-13(6-20)8-23-27(19)9-14)12-3-4-18(22-7-12)26-10-16(24-25-21)17(28)11-26/h3-5,7-9,16-17,28H,2,10-11H2,1H3/t16-,17-/m1/s1. The van der Waals surface area contributed by atoms with Crippen molar-refractivity contribution in [2.45, 2.75) is 19.1 Å². The summed E-state index contributed by atoms with van der Waals surface area (Å²) in [6.45, 7) is 3.17. The SMILES string of the molecule is CCOc1cc(-c2ccc(N3C[C@@H](O)[C@H](N=[N+]=[N-])C3)nc2)c2c(C#N)cnn2c1. The largest absolute Gasteiger partial charge is 0.492 e. The van der Waals surface area contributed by atoms with Crippen molar-refractivity contribution in [3.63, 3.8) is 0 Å². The van der Waals surface area contributed by atoms with Gasteiger partial charge in [-0.05, 0) is 30.7 Å². The number of fused-ring (bicyclic) bond motifs is 1. The Hall–Kier alpha value is -3.80. The molecule has 0 saturated carbocycles. The predicted molar refractivity (Wildman–Crippen MR) is 105 cm³/mol. The summed E-state index contributed by atoms with van der Waals surface area (Å²) in [5.74, 6) is 1.32. The maximum atomic E-state index is 10.0. The van der Waals surface area contributed by atoms with Gasteiger partial charge in [0.15, 0.2) is 0 Å². The van der Waals surface area contributed by atoms with Gasteiger partial charge in [0, 0.05) is 35.3 Å². The fraction of sp³-hybridized carbons (Fsp3) is 0.316. The number of aliphatic hydroxyl groups excluding tert-OH is 1. The molecule has 0 amide bonds. The van der Waals surface area contributed by atoms with Crippen LogP contribution in [-0.2, 0) is 0 Å². The molecule has 0 unspecified atom stereocenters. The molecule has 1 aliphatic rings. The summed E-state index contributed by atoms with van der Waals surface area (Å²) in [6, 6.07) is 7.29. The van der Waals surface area contributed by atoms with Gasteiger partial charge in [-0.25, -0.2) is 9.50 Å². The van der Waals surface area contributed by atoms with Crippen LogP contribution in [0.1, 0.15) is 12.5 Å². The number of ether oxygens (including phenoxy) is 1. The Morgan fingerprint density at radius 3 is 2.97 bits per heavy atom. The molecule has 0 spiro atoms. The quantitative estimate of drug-likeness (QED) is 0.404. The molecule has 2 atom stereocenters. The maximum Gasteiger partial charge on any atom is 0.138 e. The summed E-state index contributed by atoms with van der Waals surface area (Å²) in [6.07, 6.45) is 4.26. The zero-order valence-corrected chi connectivity index (χ0v) is 15.7. The van der Waals surface area contributed by atoms with Crippen LogP contribution >= 0.6 is 0 Å². The highest BCUT2D eigenvalue weighted by Gasteiger charge is 2.31. The highest BCUT2D eigenvalue weighted by atomic mass is 16.5. The normalized spacial score (nSPS) is 18.4. The number of hydrogen-bond acceptors (Lipinski definition) is 7. The Labute approximate surface area is 166 Å². The molecule has 1 saturated heterocycles. The number of β-amino-alcohol motifs (C(OH)–C–C–N with tert-alkyl or cyclic N) is 1. The summed E-state index contributed by atoms with van der Waals surface area (Å²) in [5.41, 5.74) is 11.4. The molecule has 10 heteroatoms. The van der Waals surface area contributed by atoms with E-state index in [-0.39, 0.29) is 0 Å². The van der Waals surface area contributed by atoms with Gasteiger partial charge in [-0.1, -0.05) is 5.11 Å². The Morgan fingerprint density at radius 1 is 1.41 bits per heavy atom. The number of hydrogen-bond donors (Lipinski definition) is 1. The van der Waals surface area contributed by atoms with E-state index < -0.39 is 12.1 Å².